The number of hydrogen-bond acceptors (Lipinski definition) is 2. The fourth-order valence-electron chi connectivity index (χ4n) is 3.16. The van der Waals surface area contributed by atoms with Gasteiger partial charge in [0.1, 0.15) is 0 Å². The summed E-state index contributed by atoms with van der Waals surface area (Å²) >= 11 is 0. The summed E-state index contributed by atoms with van der Waals surface area (Å²) < 4.78 is 0. The molecule has 2 aromatic rings. The van der Waals surface area contributed by atoms with Crippen LogP contribution in [0.25, 0.3) is 0 Å². The van der Waals surface area contributed by atoms with Crippen LogP contribution >= 0.6 is 0 Å². The molecule has 4 nitrogen and oxygen atoms in total. The first-order valence-electron chi connectivity index (χ1n) is 8.55. The lowest BCUT2D eigenvalue weighted by molar-refractivity contribution is 0.202. The lowest BCUT2D eigenvalue weighted by atomic mass is 9.96. The number of carbonyl (C=O) groups excluding carboxylic acids is 1. The van der Waals surface area contributed by atoms with E-state index in [2.05, 4.69) is 47.0 Å². The van der Waals surface area contributed by atoms with Gasteiger partial charge in [-0.15, -0.1) is 0 Å². The van der Waals surface area contributed by atoms with E-state index in [9.17, 15) is 4.79 Å². The maximum absolute atomic E-state index is 12.2. The highest BCUT2D eigenvalue weighted by atomic mass is 16.2. The highest BCUT2D eigenvalue weighted by Gasteiger charge is 2.20. The minimum absolute atomic E-state index is 0.00779. The SMILES string of the molecule is CN(CC1Cc2ccccc2CN1)C(=O)NCCc1ccccc1. The van der Waals surface area contributed by atoms with Crippen molar-refractivity contribution in [2.75, 3.05) is 20.1 Å². The van der Waals surface area contributed by atoms with Crippen LogP contribution in [0.4, 0.5) is 4.79 Å². The Kier molecular flexibility index (Phi) is 5.49. The van der Waals surface area contributed by atoms with Gasteiger partial charge in [-0.05, 0) is 29.5 Å². The van der Waals surface area contributed by atoms with Crippen molar-refractivity contribution < 1.29 is 4.79 Å². The van der Waals surface area contributed by atoms with E-state index in [-0.39, 0.29) is 6.03 Å². The summed E-state index contributed by atoms with van der Waals surface area (Å²) in [5.74, 6) is 0. The van der Waals surface area contributed by atoms with Crippen molar-refractivity contribution in [3.05, 3.63) is 71.3 Å². The van der Waals surface area contributed by atoms with Crippen LogP contribution in [-0.2, 0) is 19.4 Å². The molecule has 0 aromatic heterocycles. The zero-order valence-corrected chi connectivity index (χ0v) is 14.2. The van der Waals surface area contributed by atoms with Gasteiger partial charge in [0.15, 0.2) is 0 Å². The average molecular weight is 323 g/mol. The number of nitrogens with zero attached hydrogens (tertiary/aromatic N) is 1. The maximum Gasteiger partial charge on any atom is 0.317 e. The van der Waals surface area contributed by atoms with Gasteiger partial charge in [0.2, 0.25) is 0 Å². The molecule has 126 valence electrons. The van der Waals surface area contributed by atoms with E-state index >= 15 is 0 Å². The van der Waals surface area contributed by atoms with E-state index < -0.39 is 0 Å². The molecular formula is C20H25N3O. The molecule has 0 bridgehead atoms. The fourth-order valence-corrected chi connectivity index (χ4v) is 3.16. The Morgan fingerprint density at radius 3 is 2.62 bits per heavy atom. The van der Waals surface area contributed by atoms with Crippen LogP contribution in [0.2, 0.25) is 0 Å². The van der Waals surface area contributed by atoms with Gasteiger partial charge in [0.25, 0.3) is 0 Å². The lowest BCUT2D eigenvalue weighted by Gasteiger charge is -2.29. The summed E-state index contributed by atoms with van der Waals surface area (Å²) in [7, 11) is 1.86. The molecule has 0 saturated carbocycles. The van der Waals surface area contributed by atoms with E-state index in [1.807, 2.05) is 25.2 Å². The molecular weight excluding hydrogens is 298 g/mol. The first kappa shape index (κ1) is 16.5. The summed E-state index contributed by atoms with van der Waals surface area (Å²) in [6, 6.07) is 19.0. The van der Waals surface area contributed by atoms with Gasteiger partial charge in [-0.25, -0.2) is 4.79 Å². The molecule has 3 rings (SSSR count). The van der Waals surface area contributed by atoms with Gasteiger partial charge >= 0.3 is 6.03 Å². The number of hydrogen-bond donors (Lipinski definition) is 2. The van der Waals surface area contributed by atoms with Crippen LogP contribution in [0.5, 0.6) is 0 Å². The molecule has 2 N–H and O–H groups in total. The number of fused-ring (bicyclic) bond motifs is 1. The van der Waals surface area contributed by atoms with Gasteiger partial charge in [0.05, 0.1) is 0 Å². The molecule has 24 heavy (non-hydrogen) atoms. The molecule has 4 heteroatoms. The van der Waals surface area contributed by atoms with Crippen molar-refractivity contribution in [3.8, 4) is 0 Å². The van der Waals surface area contributed by atoms with Crippen LogP contribution in [0.15, 0.2) is 54.6 Å². The number of benzene rings is 2. The van der Waals surface area contributed by atoms with Gasteiger partial charge in [-0.1, -0.05) is 54.6 Å². The van der Waals surface area contributed by atoms with Crippen LogP contribution < -0.4 is 10.6 Å². The summed E-state index contributed by atoms with van der Waals surface area (Å²) in [4.78, 5) is 14.0. The molecule has 2 amide bonds. The standard InChI is InChI=1S/C20H25N3O/c1-23(20(24)21-12-11-16-7-3-2-4-8-16)15-19-13-17-9-5-6-10-18(17)14-22-19/h2-10,19,22H,11-15H2,1H3,(H,21,24). The molecule has 0 aliphatic carbocycles. The normalized spacial score (nSPS) is 16.3. The van der Waals surface area contributed by atoms with Crippen LogP contribution in [0, 0.1) is 0 Å². The van der Waals surface area contributed by atoms with Gasteiger partial charge in [-0.2, -0.15) is 0 Å². The fraction of sp³-hybridized carbons (Fsp3) is 0.350. The van der Waals surface area contributed by atoms with E-state index in [0.29, 0.717) is 19.1 Å². The highest BCUT2D eigenvalue weighted by molar-refractivity contribution is 5.73. The molecule has 1 aliphatic rings. The van der Waals surface area contributed by atoms with Gasteiger partial charge in [0, 0.05) is 32.7 Å². The first-order chi connectivity index (χ1) is 11.7. The number of urea groups is 1. The largest absolute Gasteiger partial charge is 0.338 e. The summed E-state index contributed by atoms with van der Waals surface area (Å²) in [5.41, 5.74) is 3.99. The lowest BCUT2D eigenvalue weighted by Crippen LogP contribution is -2.48. The molecule has 1 unspecified atom stereocenters. The quantitative estimate of drug-likeness (QED) is 0.888. The van der Waals surface area contributed by atoms with Crippen LogP contribution in [0.1, 0.15) is 16.7 Å². The van der Waals surface area contributed by atoms with Crippen molar-refractivity contribution in [1.82, 2.24) is 15.5 Å². The number of amides is 2. The number of likely N-dealkylation sites (N-methyl/N-ethyl adjacent to an activating group) is 1. The van der Waals surface area contributed by atoms with Crippen LogP contribution in [-0.4, -0.2) is 37.1 Å². The zero-order valence-electron chi connectivity index (χ0n) is 14.2. The van der Waals surface area contributed by atoms with Gasteiger partial charge in [-0.3, -0.25) is 0 Å². The summed E-state index contributed by atoms with van der Waals surface area (Å²) in [6.07, 6.45) is 1.83. The first-order valence-corrected chi connectivity index (χ1v) is 8.55. The van der Waals surface area contributed by atoms with Crippen molar-refractivity contribution in [2.24, 2.45) is 0 Å². The molecule has 0 fully saturated rings. The minimum atomic E-state index is -0.00779. The predicted octanol–water partition coefficient (Wildman–Crippen LogP) is 2.59. The summed E-state index contributed by atoms with van der Waals surface area (Å²) in [6.45, 7) is 2.25. The Morgan fingerprint density at radius 1 is 1.12 bits per heavy atom. The molecule has 1 heterocycles. The molecule has 0 saturated heterocycles. The number of carbonyl (C=O) groups is 1. The van der Waals surface area contributed by atoms with E-state index in [0.717, 1.165) is 19.4 Å². The predicted molar refractivity (Wildman–Crippen MR) is 96.9 cm³/mol. The Hall–Kier alpha value is -2.33. The van der Waals surface area contributed by atoms with E-state index in [1.165, 1.54) is 16.7 Å². The highest BCUT2D eigenvalue weighted by Crippen LogP contribution is 2.16. The second-order valence-corrected chi connectivity index (χ2v) is 6.40. The Balaban J connectivity index is 1.43. The van der Waals surface area contributed by atoms with Crippen LogP contribution in [0.3, 0.4) is 0 Å². The van der Waals surface area contributed by atoms with Crippen molar-refractivity contribution >= 4 is 6.03 Å². The number of rotatable bonds is 5. The van der Waals surface area contributed by atoms with Crippen molar-refractivity contribution in [1.29, 1.82) is 0 Å². The minimum Gasteiger partial charge on any atom is -0.338 e. The second-order valence-electron chi connectivity index (χ2n) is 6.40. The smallest absolute Gasteiger partial charge is 0.317 e. The Labute approximate surface area is 143 Å². The van der Waals surface area contributed by atoms with E-state index in [1.54, 1.807) is 4.90 Å². The molecule has 0 radical (unpaired) electrons. The Bertz CT molecular complexity index is 672. The molecule has 1 atom stereocenters. The zero-order chi connectivity index (χ0) is 16.8. The van der Waals surface area contributed by atoms with Crippen molar-refractivity contribution in [2.45, 2.75) is 25.4 Å². The maximum atomic E-state index is 12.2. The summed E-state index contributed by atoms with van der Waals surface area (Å²) in [5, 5.41) is 6.52. The monoisotopic (exact) mass is 323 g/mol. The van der Waals surface area contributed by atoms with E-state index in [4.69, 9.17) is 0 Å². The molecule has 0 spiro atoms. The van der Waals surface area contributed by atoms with Gasteiger partial charge < -0.3 is 15.5 Å². The molecule has 2 aromatic carbocycles. The average Bonchev–Trinajstić information content (AvgIpc) is 2.62. The van der Waals surface area contributed by atoms with Crippen molar-refractivity contribution in [3.63, 3.8) is 0 Å². The number of nitrogens with one attached hydrogen (secondary N) is 2. The third kappa shape index (κ3) is 4.36. The topological polar surface area (TPSA) is 44.4 Å². The third-order valence-corrected chi connectivity index (χ3v) is 4.54. The Morgan fingerprint density at radius 2 is 1.83 bits per heavy atom. The molecule has 1 aliphatic heterocycles. The third-order valence-electron chi connectivity index (χ3n) is 4.54. The second kappa shape index (κ2) is 7.97.